The third kappa shape index (κ3) is 11.2. The van der Waals surface area contributed by atoms with Crippen molar-refractivity contribution in [2.24, 2.45) is 5.10 Å². The third-order valence-corrected chi connectivity index (χ3v) is 7.16. The second-order valence-electron chi connectivity index (χ2n) is 9.78. The Morgan fingerprint density at radius 3 is 2.31 bits per heavy atom. The molecule has 0 spiro atoms. The van der Waals surface area contributed by atoms with Gasteiger partial charge in [-0.1, -0.05) is 55.7 Å². The Hall–Kier alpha value is -4.97. The second kappa shape index (κ2) is 18.0. The molecule has 1 heterocycles. The normalized spacial score (nSPS) is 10.8. The van der Waals surface area contributed by atoms with E-state index in [1.54, 1.807) is 49.6 Å². The predicted octanol–water partition coefficient (Wildman–Crippen LogP) is 5.91. The van der Waals surface area contributed by atoms with Gasteiger partial charge in [-0.3, -0.25) is 14.9 Å². The summed E-state index contributed by atoms with van der Waals surface area (Å²) in [4.78, 5) is 24.6. The molecule has 4 rings (SSSR count). The summed E-state index contributed by atoms with van der Waals surface area (Å²) in [5.41, 5.74) is 3.67. The first-order valence-electron chi connectivity index (χ1n) is 14.7. The Morgan fingerprint density at radius 1 is 0.844 bits per heavy atom. The molecule has 236 valence electrons. The number of nitrogens with one attached hydrogen (secondary N) is 2. The topological polar surface area (TPSA) is 133 Å². The average Bonchev–Trinajstić information content (AvgIpc) is 3.50. The number of aromatic nitrogens is 2. The molecule has 2 N–H and O–H groups in total. The van der Waals surface area contributed by atoms with Gasteiger partial charge in [0.25, 0.3) is 5.91 Å². The second-order valence-corrected chi connectivity index (χ2v) is 10.8. The van der Waals surface area contributed by atoms with E-state index in [-0.39, 0.29) is 18.2 Å². The largest absolute Gasteiger partial charge is 0.494 e. The Kier molecular flexibility index (Phi) is 13.2. The molecule has 2 amide bonds. The molecule has 0 saturated heterocycles. The van der Waals surface area contributed by atoms with Gasteiger partial charge in [0.15, 0.2) is 11.5 Å². The van der Waals surface area contributed by atoms with Gasteiger partial charge in [0.05, 0.1) is 26.4 Å². The average molecular weight is 632 g/mol. The van der Waals surface area contributed by atoms with Crippen LogP contribution < -0.4 is 29.7 Å². The summed E-state index contributed by atoms with van der Waals surface area (Å²) in [6.07, 6.45) is 6.15. The van der Waals surface area contributed by atoms with Crippen molar-refractivity contribution in [1.82, 2.24) is 15.6 Å². The van der Waals surface area contributed by atoms with Crippen molar-refractivity contribution in [2.45, 2.75) is 39.0 Å². The molecule has 45 heavy (non-hydrogen) atoms. The Bertz CT molecular complexity index is 1530. The third-order valence-electron chi connectivity index (χ3n) is 6.33. The number of methoxy groups -OCH3 is 1. The molecule has 1 aromatic heterocycles. The predicted molar refractivity (Wildman–Crippen MR) is 174 cm³/mol. The summed E-state index contributed by atoms with van der Waals surface area (Å²) >= 11 is 1.12. The lowest BCUT2D eigenvalue weighted by Crippen LogP contribution is -2.19. The lowest BCUT2D eigenvalue weighted by molar-refractivity contribution is -0.120. The maximum Gasteiger partial charge on any atom is 0.257 e. The minimum Gasteiger partial charge on any atom is -0.494 e. The van der Waals surface area contributed by atoms with Crippen molar-refractivity contribution >= 4 is 34.5 Å². The number of amides is 2. The number of rotatable bonds is 18. The molecule has 0 bridgehead atoms. The van der Waals surface area contributed by atoms with E-state index >= 15 is 0 Å². The molecule has 0 aliphatic rings. The van der Waals surface area contributed by atoms with Gasteiger partial charge in [0, 0.05) is 5.56 Å². The highest BCUT2D eigenvalue weighted by molar-refractivity contribution is 7.15. The summed E-state index contributed by atoms with van der Waals surface area (Å²) in [6, 6.07) is 21.6. The molecule has 0 unspecified atom stereocenters. The smallest absolute Gasteiger partial charge is 0.257 e. The SMILES string of the molecule is CCCCCCOc1ccc(OCCOc2ccc(/C=N\NC(=O)Cc3nnc(NC(=O)c4ccccc4)s3)cc2OC)cc1. The van der Waals surface area contributed by atoms with Crippen LogP contribution >= 0.6 is 11.3 Å². The van der Waals surface area contributed by atoms with Crippen molar-refractivity contribution in [3.05, 3.63) is 88.9 Å². The van der Waals surface area contributed by atoms with Crippen LogP contribution in [0.2, 0.25) is 0 Å². The molecule has 0 fully saturated rings. The Labute approximate surface area is 266 Å². The van der Waals surface area contributed by atoms with Gasteiger partial charge in [-0.05, 0) is 66.6 Å². The van der Waals surface area contributed by atoms with Crippen molar-refractivity contribution in [1.29, 1.82) is 0 Å². The Morgan fingerprint density at radius 2 is 1.58 bits per heavy atom. The lowest BCUT2D eigenvalue weighted by Gasteiger charge is -2.12. The number of hydrogen-bond donors (Lipinski definition) is 2. The highest BCUT2D eigenvalue weighted by Crippen LogP contribution is 2.27. The van der Waals surface area contributed by atoms with E-state index in [0.29, 0.717) is 46.0 Å². The molecule has 0 radical (unpaired) electrons. The van der Waals surface area contributed by atoms with E-state index in [2.05, 4.69) is 33.0 Å². The zero-order valence-corrected chi connectivity index (χ0v) is 26.2. The van der Waals surface area contributed by atoms with Gasteiger partial charge < -0.3 is 18.9 Å². The minimum absolute atomic E-state index is 0.0363. The van der Waals surface area contributed by atoms with Crippen LogP contribution in [-0.2, 0) is 11.2 Å². The molecule has 0 aliphatic carbocycles. The fourth-order valence-corrected chi connectivity index (χ4v) is 4.77. The number of hydrogen-bond acceptors (Lipinski definition) is 10. The van der Waals surface area contributed by atoms with Gasteiger partial charge in [0.1, 0.15) is 29.7 Å². The summed E-state index contributed by atoms with van der Waals surface area (Å²) in [5, 5.41) is 15.3. The van der Waals surface area contributed by atoms with Gasteiger partial charge >= 0.3 is 0 Å². The van der Waals surface area contributed by atoms with E-state index in [1.807, 2.05) is 30.3 Å². The molecule has 3 aromatic carbocycles. The van der Waals surface area contributed by atoms with Crippen LogP contribution in [0.25, 0.3) is 0 Å². The van der Waals surface area contributed by atoms with Crippen LogP contribution in [0.5, 0.6) is 23.0 Å². The van der Waals surface area contributed by atoms with Gasteiger partial charge in [-0.2, -0.15) is 5.10 Å². The van der Waals surface area contributed by atoms with Crippen molar-refractivity contribution in [3.63, 3.8) is 0 Å². The maximum absolute atomic E-state index is 12.3. The summed E-state index contributed by atoms with van der Waals surface area (Å²) in [7, 11) is 1.55. The van der Waals surface area contributed by atoms with Gasteiger partial charge in [0.2, 0.25) is 11.0 Å². The first kappa shape index (κ1) is 32.9. The van der Waals surface area contributed by atoms with Crippen LogP contribution in [0, 0.1) is 0 Å². The summed E-state index contributed by atoms with van der Waals surface area (Å²) in [6.45, 7) is 3.59. The summed E-state index contributed by atoms with van der Waals surface area (Å²) < 4.78 is 22.9. The fourth-order valence-electron chi connectivity index (χ4n) is 4.04. The molecular weight excluding hydrogens is 594 g/mol. The number of carbonyl (C=O) groups excluding carboxylic acids is 2. The van der Waals surface area contributed by atoms with E-state index < -0.39 is 0 Å². The highest BCUT2D eigenvalue weighted by Gasteiger charge is 2.12. The number of hydrazone groups is 1. The van der Waals surface area contributed by atoms with Crippen LogP contribution in [0.3, 0.4) is 0 Å². The number of unbranched alkanes of at least 4 members (excludes halogenated alkanes) is 3. The highest BCUT2D eigenvalue weighted by atomic mass is 32.1. The zero-order chi connectivity index (χ0) is 31.7. The van der Waals surface area contributed by atoms with Crippen molar-refractivity contribution in [2.75, 3.05) is 32.2 Å². The summed E-state index contributed by atoms with van der Waals surface area (Å²) in [5.74, 6) is 1.97. The molecule has 0 atom stereocenters. The molecule has 12 heteroatoms. The minimum atomic E-state index is -0.375. The van der Waals surface area contributed by atoms with E-state index in [9.17, 15) is 9.59 Å². The maximum atomic E-state index is 12.3. The van der Waals surface area contributed by atoms with E-state index in [0.717, 1.165) is 35.9 Å². The van der Waals surface area contributed by atoms with E-state index in [1.165, 1.54) is 25.5 Å². The van der Waals surface area contributed by atoms with Crippen LogP contribution in [0.1, 0.15) is 53.5 Å². The first-order chi connectivity index (χ1) is 22.0. The number of anilines is 1. The van der Waals surface area contributed by atoms with Gasteiger partial charge in [-0.15, -0.1) is 10.2 Å². The monoisotopic (exact) mass is 631 g/mol. The molecule has 0 aliphatic heterocycles. The van der Waals surface area contributed by atoms with Crippen molar-refractivity contribution in [3.8, 4) is 23.0 Å². The van der Waals surface area contributed by atoms with Crippen LogP contribution in [0.15, 0.2) is 77.9 Å². The van der Waals surface area contributed by atoms with Crippen LogP contribution in [-0.4, -0.2) is 55.2 Å². The number of ether oxygens (including phenoxy) is 4. The Balaban J connectivity index is 1.16. The molecular formula is C33H37N5O6S. The molecule has 0 saturated carbocycles. The van der Waals surface area contributed by atoms with Crippen LogP contribution in [0.4, 0.5) is 5.13 Å². The number of nitrogens with zero attached hydrogens (tertiary/aromatic N) is 3. The molecule has 4 aromatic rings. The quantitative estimate of drug-likeness (QED) is 0.0787. The standard InChI is InChI=1S/C33H37N5O6S/c1-3-4-5-9-18-42-26-13-15-27(16-14-26)43-19-20-44-28-17-12-24(21-29(28)41-2)23-34-36-30(39)22-31-37-38-33(45-31)35-32(40)25-10-7-6-8-11-25/h6-8,10-17,21,23H,3-5,9,18-20,22H2,1-2H3,(H,36,39)(H,35,38,40)/b34-23-. The fraction of sp³-hybridized carbons (Fsp3) is 0.303. The number of benzene rings is 3. The lowest BCUT2D eigenvalue weighted by atomic mass is 10.2. The molecule has 11 nitrogen and oxygen atoms in total. The number of carbonyl (C=O) groups is 2. The first-order valence-corrected chi connectivity index (χ1v) is 15.5. The van der Waals surface area contributed by atoms with Crippen molar-refractivity contribution < 1.29 is 28.5 Å². The van der Waals surface area contributed by atoms with E-state index in [4.69, 9.17) is 18.9 Å². The van der Waals surface area contributed by atoms with Gasteiger partial charge in [-0.25, -0.2) is 5.43 Å². The zero-order valence-electron chi connectivity index (χ0n) is 25.4.